The summed E-state index contributed by atoms with van der Waals surface area (Å²) in [5.74, 6) is 0.489. The highest BCUT2D eigenvalue weighted by atomic mass is 14.5. The van der Waals surface area contributed by atoms with Crippen molar-refractivity contribution < 1.29 is 0 Å². The first-order valence-corrected chi connectivity index (χ1v) is 4.81. The van der Waals surface area contributed by atoms with E-state index in [1.54, 1.807) is 0 Å². The quantitative estimate of drug-likeness (QED) is 0.729. The molecule has 68 valence electrons. The smallest absolute Gasteiger partial charge is 0.00108 e. The van der Waals surface area contributed by atoms with Crippen LogP contribution in [0.1, 0.15) is 18.1 Å². The van der Waals surface area contributed by atoms with Gasteiger partial charge in [0, 0.05) is 0 Å². The number of hydrogen-bond acceptors (Lipinski definition) is 1. The topological polar surface area (TPSA) is 26.0 Å². The molecule has 1 aromatic rings. The predicted molar refractivity (Wildman–Crippen MR) is 56.3 cm³/mol. The van der Waals surface area contributed by atoms with E-state index in [1.165, 1.54) is 16.7 Å². The van der Waals surface area contributed by atoms with Crippen molar-refractivity contribution in [2.45, 2.75) is 13.3 Å². The molecule has 2 rings (SSSR count). The summed E-state index contributed by atoms with van der Waals surface area (Å²) < 4.78 is 0. The summed E-state index contributed by atoms with van der Waals surface area (Å²) in [6, 6.07) is 8.59. The Hall–Kier alpha value is -1.08. The molecule has 1 unspecified atom stereocenters. The third-order valence-corrected chi connectivity index (χ3v) is 2.75. The summed E-state index contributed by atoms with van der Waals surface area (Å²) in [6.07, 6.45) is 3.39. The fraction of sp³-hybridized carbons (Fsp3) is 0.333. The van der Waals surface area contributed by atoms with E-state index in [0.717, 1.165) is 13.0 Å². The molecule has 1 aromatic carbocycles. The number of hydrogen-bond donors (Lipinski definition) is 1. The molecule has 0 saturated carbocycles. The van der Waals surface area contributed by atoms with Gasteiger partial charge in [-0.2, -0.15) is 0 Å². The number of allylic oxidation sites excluding steroid dienone is 1. The summed E-state index contributed by atoms with van der Waals surface area (Å²) in [6.45, 7) is 2.92. The maximum Gasteiger partial charge on any atom is -0.00108 e. The highest BCUT2D eigenvalue weighted by Gasteiger charge is 2.16. The van der Waals surface area contributed by atoms with Gasteiger partial charge in [0.05, 0.1) is 0 Å². The average molecular weight is 173 g/mol. The molecule has 0 saturated heterocycles. The molecule has 0 bridgehead atoms. The number of nitrogens with two attached hydrogens (primary N) is 1. The lowest BCUT2D eigenvalue weighted by Crippen LogP contribution is -2.11. The van der Waals surface area contributed by atoms with Gasteiger partial charge in [-0.25, -0.2) is 0 Å². The van der Waals surface area contributed by atoms with Gasteiger partial charge in [0.1, 0.15) is 0 Å². The van der Waals surface area contributed by atoms with E-state index in [4.69, 9.17) is 5.73 Å². The van der Waals surface area contributed by atoms with E-state index in [0.29, 0.717) is 5.92 Å². The van der Waals surface area contributed by atoms with Crippen LogP contribution in [0.5, 0.6) is 0 Å². The normalized spacial score (nSPS) is 16.6. The standard InChI is InChI=1S/C12H15N/c1-9(8-13)11-7-6-10-4-2-3-5-12(10)11/h2-5,7,9H,6,8,13H2,1H3. The second-order valence-corrected chi connectivity index (χ2v) is 3.66. The van der Waals surface area contributed by atoms with Crippen LogP contribution >= 0.6 is 0 Å². The van der Waals surface area contributed by atoms with Crippen molar-refractivity contribution in [3.05, 3.63) is 41.5 Å². The molecule has 1 nitrogen and oxygen atoms in total. The Morgan fingerprint density at radius 3 is 2.92 bits per heavy atom. The summed E-state index contributed by atoms with van der Waals surface area (Å²) in [5.41, 5.74) is 9.94. The first-order chi connectivity index (χ1) is 6.33. The van der Waals surface area contributed by atoms with Crippen molar-refractivity contribution in [2.75, 3.05) is 6.54 Å². The van der Waals surface area contributed by atoms with Crippen molar-refractivity contribution in [3.63, 3.8) is 0 Å². The molecule has 2 N–H and O–H groups in total. The average Bonchev–Trinajstić information content (AvgIpc) is 2.60. The minimum atomic E-state index is 0.489. The lowest BCUT2D eigenvalue weighted by atomic mass is 9.96. The first-order valence-electron chi connectivity index (χ1n) is 4.81. The molecule has 0 amide bonds. The van der Waals surface area contributed by atoms with Gasteiger partial charge in [-0.3, -0.25) is 0 Å². The second kappa shape index (κ2) is 3.35. The van der Waals surface area contributed by atoms with Gasteiger partial charge in [-0.05, 0) is 35.6 Å². The van der Waals surface area contributed by atoms with Crippen molar-refractivity contribution >= 4 is 5.57 Å². The van der Waals surface area contributed by atoms with Crippen LogP contribution in [-0.4, -0.2) is 6.54 Å². The van der Waals surface area contributed by atoms with E-state index >= 15 is 0 Å². The lowest BCUT2D eigenvalue weighted by molar-refractivity contribution is 0.761. The minimum Gasteiger partial charge on any atom is -0.330 e. The second-order valence-electron chi connectivity index (χ2n) is 3.66. The van der Waals surface area contributed by atoms with E-state index in [2.05, 4.69) is 37.3 Å². The molecule has 13 heavy (non-hydrogen) atoms. The van der Waals surface area contributed by atoms with Gasteiger partial charge in [0.25, 0.3) is 0 Å². The zero-order valence-electron chi connectivity index (χ0n) is 7.96. The van der Waals surface area contributed by atoms with Crippen LogP contribution in [-0.2, 0) is 6.42 Å². The van der Waals surface area contributed by atoms with Gasteiger partial charge in [0.2, 0.25) is 0 Å². The van der Waals surface area contributed by atoms with E-state index < -0.39 is 0 Å². The Morgan fingerprint density at radius 2 is 2.15 bits per heavy atom. The fourth-order valence-corrected chi connectivity index (χ4v) is 1.90. The van der Waals surface area contributed by atoms with Crippen LogP contribution < -0.4 is 5.73 Å². The van der Waals surface area contributed by atoms with Gasteiger partial charge in [0.15, 0.2) is 0 Å². The summed E-state index contributed by atoms with van der Waals surface area (Å²) in [7, 11) is 0. The van der Waals surface area contributed by atoms with E-state index in [9.17, 15) is 0 Å². The molecule has 1 aliphatic rings. The molecule has 0 heterocycles. The predicted octanol–water partition coefficient (Wildman–Crippen LogP) is 2.22. The largest absolute Gasteiger partial charge is 0.330 e. The van der Waals surface area contributed by atoms with E-state index in [1.807, 2.05) is 0 Å². The highest BCUT2D eigenvalue weighted by molar-refractivity contribution is 5.74. The number of rotatable bonds is 2. The first kappa shape index (κ1) is 8.52. The van der Waals surface area contributed by atoms with Crippen LogP contribution in [0.15, 0.2) is 30.3 Å². The Bertz CT molecular complexity index is 339. The van der Waals surface area contributed by atoms with Crippen LogP contribution in [0.4, 0.5) is 0 Å². The molecular formula is C12H15N. The maximum atomic E-state index is 5.67. The summed E-state index contributed by atoms with van der Waals surface area (Å²) in [4.78, 5) is 0. The molecule has 0 aliphatic heterocycles. The zero-order valence-corrected chi connectivity index (χ0v) is 7.96. The highest BCUT2D eigenvalue weighted by Crippen LogP contribution is 2.31. The number of benzene rings is 1. The molecule has 0 fully saturated rings. The third-order valence-electron chi connectivity index (χ3n) is 2.75. The lowest BCUT2D eigenvalue weighted by Gasteiger charge is -2.11. The zero-order chi connectivity index (χ0) is 9.26. The molecule has 0 aromatic heterocycles. The van der Waals surface area contributed by atoms with Gasteiger partial charge in [-0.1, -0.05) is 37.3 Å². The molecule has 0 radical (unpaired) electrons. The van der Waals surface area contributed by atoms with Crippen molar-refractivity contribution in [2.24, 2.45) is 11.7 Å². The van der Waals surface area contributed by atoms with E-state index in [-0.39, 0.29) is 0 Å². The van der Waals surface area contributed by atoms with Gasteiger partial charge in [-0.15, -0.1) is 0 Å². The van der Waals surface area contributed by atoms with Crippen LogP contribution in [0.25, 0.3) is 5.57 Å². The van der Waals surface area contributed by atoms with Crippen molar-refractivity contribution in [1.82, 2.24) is 0 Å². The fourth-order valence-electron chi connectivity index (χ4n) is 1.90. The molecule has 1 heteroatoms. The summed E-state index contributed by atoms with van der Waals surface area (Å²) in [5, 5.41) is 0. The number of fused-ring (bicyclic) bond motifs is 1. The Kier molecular flexibility index (Phi) is 2.19. The molecular weight excluding hydrogens is 158 g/mol. The SMILES string of the molecule is CC(CN)C1=CCc2ccccc21. The van der Waals surface area contributed by atoms with Gasteiger partial charge >= 0.3 is 0 Å². The van der Waals surface area contributed by atoms with Crippen molar-refractivity contribution in [3.8, 4) is 0 Å². The Morgan fingerprint density at radius 1 is 1.38 bits per heavy atom. The van der Waals surface area contributed by atoms with Crippen LogP contribution in [0.3, 0.4) is 0 Å². The monoisotopic (exact) mass is 173 g/mol. The van der Waals surface area contributed by atoms with Gasteiger partial charge < -0.3 is 5.73 Å². The van der Waals surface area contributed by atoms with Crippen LogP contribution in [0.2, 0.25) is 0 Å². The van der Waals surface area contributed by atoms with Crippen molar-refractivity contribution in [1.29, 1.82) is 0 Å². The maximum absolute atomic E-state index is 5.67. The third kappa shape index (κ3) is 1.40. The molecule has 1 aliphatic carbocycles. The van der Waals surface area contributed by atoms with Crippen LogP contribution in [0, 0.1) is 5.92 Å². The molecule has 0 spiro atoms. The molecule has 1 atom stereocenters. The Balaban J connectivity index is 2.36. The Labute approximate surface area is 79.3 Å². The minimum absolute atomic E-state index is 0.489. The summed E-state index contributed by atoms with van der Waals surface area (Å²) >= 11 is 0.